The Morgan fingerprint density at radius 2 is 2.05 bits per heavy atom. The molecule has 4 nitrogen and oxygen atoms in total. The Morgan fingerprint density at radius 3 is 2.60 bits per heavy atom. The number of sulfonamides is 1. The first-order chi connectivity index (χ1) is 9.36. The van der Waals surface area contributed by atoms with Crippen LogP contribution in [0.4, 0.5) is 0 Å². The Balaban J connectivity index is 2.35. The van der Waals surface area contributed by atoms with Gasteiger partial charge in [0.25, 0.3) is 0 Å². The van der Waals surface area contributed by atoms with E-state index in [4.69, 9.17) is 0 Å². The molecule has 0 unspecified atom stereocenters. The summed E-state index contributed by atoms with van der Waals surface area (Å²) < 4.78 is 27.3. The van der Waals surface area contributed by atoms with Gasteiger partial charge < -0.3 is 5.32 Å². The minimum absolute atomic E-state index is 0.392. The molecule has 0 atom stereocenters. The summed E-state index contributed by atoms with van der Waals surface area (Å²) in [6.07, 6.45) is 2.44. The number of benzene rings is 1. The number of hydrogen-bond donors (Lipinski definition) is 1. The highest BCUT2D eigenvalue weighted by atomic mass is 79.9. The molecule has 0 spiro atoms. The molecule has 1 N–H and O–H groups in total. The molecule has 0 amide bonds. The topological polar surface area (TPSA) is 49.4 Å². The first-order valence-electron chi connectivity index (χ1n) is 6.85. The van der Waals surface area contributed by atoms with Crippen molar-refractivity contribution in [2.45, 2.75) is 44.2 Å². The maximum absolute atomic E-state index is 12.5. The van der Waals surface area contributed by atoms with Crippen molar-refractivity contribution in [3.8, 4) is 0 Å². The van der Waals surface area contributed by atoms with Crippen molar-refractivity contribution < 1.29 is 8.42 Å². The molecule has 112 valence electrons. The van der Waals surface area contributed by atoms with E-state index < -0.39 is 10.0 Å². The Bertz CT molecular complexity index is 597. The van der Waals surface area contributed by atoms with E-state index >= 15 is 0 Å². The molecule has 0 aliphatic heterocycles. The van der Waals surface area contributed by atoms with E-state index in [9.17, 15) is 8.42 Å². The van der Waals surface area contributed by atoms with Crippen LogP contribution in [0.15, 0.2) is 21.5 Å². The standard InChI is InChI=1S/C14H21BrN2O2S/c1-4-17(3)20(18,19)14-8-11(7-13(15)10(14)2)9-16-12-5-6-12/h7-8,12,16H,4-6,9H2,1-3H3. The molecule has 0 saturated heterocycles. The van der Waals surface area contributed by atoms with Crippen LogP contribution in [0.1, 0.15) is 30.9 Å². The minimum atomic E-state index is -3.41. The summed E-state index contributed by atoms with van der Waals surface area (Å²) in [4.78, 5) is 0.392. The van der Waals surface area contributed by atoms with Crippen LogP contribution in [0.2, 0.25) is 0 Å². The van der Waals surface area contributed by atoms with Crippen LogP contribution in [0, 0.1) is 6.92 Å². The maximum Gasteiger partial charge on any atom is 0.243 e. The van der Waals surface area contributed by atoms with E-state index in [0.717, 1.165) is 15.6 Å². The Labute approximate surface area is 129 Å². The van der Waals surface area contributed by atoms with Gasteiger partial charge in [-0.15, -0.1) is 0 Å². The summed E-state index contributed by atoms with van der Waals surface area (Å²) >= 11 is 3.47. The van der Waals surface area contributed by atoms with Crippen LogP contribution in [0.5, 0.6) is 0 Å². The predicted molar refractivity (Wildman–Crippen MR) is 84.2 cm³/mol. The molecule has 0 aromatic heterocycles. The zero-order valence-electron chi connectivity index (χ0n) is 12.1. The van der Waals surface area contributed by atoms with E-state index in [-0.39, 0.29) is 0 Å². The molecule has 1 aliphatic carbocycles. The van der Waals surface area contributed by atoms with Crippen LogP contribution in [0.3, 0.4) is 0 Å². The van der Waals surface area contributed by atoms with Crippen molar-refractivity contribution >= 4 is 26.0 Å². The van der Waals surface area contributed by atoms with E-state index in [1.165, 1.54) is 17.1 Å². The summed E-state index contributed by atoms with van der Waals surface area (Å²) in [5.74, 6) is 0. The van der Waals surface area contributed by atoms with Crippen molar-refractivity contribution in [3.05, 3.63) is 27.7 Å². The average Bonchev–Trinajstić information content (AvgIpc) is 3.22. The van der Waals surface area contributed by atoms with Crippen LogP contribution in [-0.4, -0.2) is 32.4 Å². The Hall–Kier alpha value is -0.430. The van der Waals surface area contributed by atoms with Gasteiger partial charge in [0, 0.05) is 30.7 Å². The van der Waals surface area contributed by atoms with E-state index in [2.05, 4.69) is 21.2 Å². The van der Waals surface area contributed by atoms with E-state index in [1.54, 1.807) is 13.1 Å². The largest absolute Gasteiger partial charge is 0.310 e. The van der Waals surface area contributed by atoms with Crippen molar-refractivity contribution in [2.24, 2.45) is 0 Å². The third-order valence-corrected chi connectivity index (χ3v) is 6.54. The van der Waals surface area contributed by atoms with Gasteiger partial charge in [0.05, 0.1) is 4.90 Å². The summed E-state index contributed by atoms with van der Waals surface area (Å²) in [6.45, 7) is 4.84. The molecule has 1 fully saturated rings. The van der Waals surface area contributed by atoms with Gasteiger partial charge in [-0.2, -0.15) is 0 Å². The normalized spacial score (nSPS) is 15.8. The van der Waals surface area contributed by atoms with Crippen molar-refractivity contribution in [1.29, 1.82) is 0 Å². The van der Waals surface area contributed by atoms with Crippen molar-refractivity contribution in [1.82, 2.24) is 9.62 Å². The average molecular weight is 361 g/mol. The highest BCUT2D eigenvalue weighted by Crippen LogP contribution is 2.28. The summed E-state index contributed by atoms with van der Waals surface area (Å²) in [6, 6.07) is 4.39. The molecule has 1 aromatic carbocycles. The fraction of sp³-hybridized carbons (Fsp3) is 0.571. The molecule has 2 rings (SSSR count). The molecule has 20 heavy (non-hydrogen) atoms. The Kier molecular flexibility index (Phi) is 4.89. The molecule has 0 bridgehead atoms. The highest BCUT2D eigenvalue weighted by molar-refractivity contribution is 9.10. The molecule has 0 heterocycles. The van der Waals surface area contributed by atoms with Gasteiger partial charge in [0.1, 0.15) is 0 Å². The lowest BCUT2D eigenvalue weighted by molar-refractivity contribution is 0.485. The lowest BCUT2D eigenvalue weighted by atomic mass is 10.1. The van der Waals surface area contributed by atoms with Crippen LogP contribution in [-0.2, 0) is 16.6 Å². The maximum atomic E-state index is 12.5. The van der Waals surface area contributed by atoms with Crippen LogP contribution >= 0.6 is 15.9 Å². The van der Waals surface area contributed by atoms with Crippen LogP contribution in [0.25, 0.3) is 0 Å². The molecular weight excluding hydrogens is 340 g/mol. The lowest BCUT2D eigenvalue weighted by Crippen LogP contribution is -2.27. The molecule has 6 heteroatoms. The number of rotatable bonds is 6. The fourth-order valence-corrected chi connectivity index (χ4v) is 4.08. The number of nitrogens with zero attached hydrogens (tertiary/aromatic N) is 1. The quantitative estimate of drug-likeness (QED) is 0.848. The first-order valence-corrected chi connectivity index (χ1v) is 9.08. The highest BCUT2D eigenvalue weighted by Gasteiger charge is 2.24. The van der Waals surface area contributed by atoms with Gasteiger partial charge in [0.15, 0.2) is 0 Å². The molecule has 1 aromatic rings. The van der Waals surface area contributed by atoms with Gasteiger partial charge >= 0.3 is 0 Å². The van der Waals surface area contributed by atoms with E-state index in [0.29, 0.717) is 24.0 Å². The van der Waals surface area contributed by atoms with Gasteiger partial charge in [-0.05, 0) is 43.0 Å². The molecule has 1 aliphatic rings. The zero-order valence-corrected chi connectivity index (χ0v) is 14.5. The third kappa shape index (κ3) is 3.42. The van der Waals surface area contributed by atoms with E-state index in [1.807, 2.05) is 19.9 Å². The van der Waals surface area contributed by atoms with Gasteiger partial charge in [0.2, 0.25) is 10.0 Å². The summed E-state index contributed by atoms with van der Waals surface area (Å²) in [5, 5.41) is 3.41. The SMILES string of the molecule is CCN(C)S(=O)(=O)c1cc(CNC2CC2)cc(Br)c1C. The monoisotopic (exact) mass is 360 g/mol. The molecular formula is C14H21BrN2O2S. The van der Waals surface area contributed by atoms with Gasteiger partial charge in [-0.25, -0.2) is 12.7 Å². The van der Waals surface area contributed by atoms with Crippen molar-refractivity contribution in [3.63, 3.8) is 0 Å². The van der Waals surface area contributed by atoms with Crippen LogP contribution < -0.4 is 5.32 Å². The first kappa shape index (κ1) is 15.9. The minimum Gasteiger partial charge on any atom is -0.310 e. The second-order valence-electron chi connectivity index (χ2n) is 5.28. The number of hydrogen-bond acceptors (Lipinski definition) is 3. The third-order valence-electron chi connectivity index (χ3n) is 3.66. The zero-order chi connectivity index (χ0) is 14.9. The fourth-order valence-electron chi connectivity index (χ4n) is 1.96. The second kappa shape index (κ2) is 6.13. The molecule has 1 saturated carbocycles. The second-order valence-corrected chi connectivity index (χ2v) is 8.14. The molecule has 0 radical (unpaired) electrons. The van der Waals surface area contributed by atoms with Crippen molar-refractivity contribution in [2.75, 3.05) is 13.6 Å². The smallest absolute Gasteiger partial charge is 0.243 e. The van der Waals surface area contributed by atoms with Gasteiger partial charge in [-0.3, -0.25) is 0 Å². The Morgan fingerprint density at radius 1 is 1.40 bits per heavy atom. The number of halogens is 1. The lowest BCUT2D eigenvalue weighted by Gasteiger charge is -2.18. The predicted octanol–water partition coefficient (Wildman–Crippen LogP) is 2.65. The summed E-state index contributed by atoms with van der Waals surface area (Å²) in [5.41, 5.74) is 1.76. The van der Waals surface area contributed by atoms with Gasteiger partial charge in [-0.1, -0.05) is 22.9 Å². The number of nitrogens with one attached hydrogen (secondary N) is 1. The summed E-state index contributed by atoms with van der Waals surface area (Å²) in [7, 11) is -1.80.